The maximum absolute atomic E-state index is 12.9. The van der Waals surface area contributed by atoms with Crippen molar-refractivity contribution in [2.45, 2.75) is 50.1 Å². The lowest BCUT2D eigenvalue weighted by atomic mass is 10.1. The summed E-state index contributed by atoms with van der Waals surface area (Å²) in [4.78, 5) is 11.8. The third kappa shape index (κ3) is 2.83. The van der Waals surface area contributed by atoms with Crippen LogP contribution in [-0.2, 0) is 16.6 Å². The Balaban J connectivity index is 1.69. The van der Waals surface area contributed by atoms with Gasteiger partial charge in [0.25, 0.3) is 0 Å². The van der Waals surface area contributed by atoms with Crippen molar-refractivity contribution in [1.29, 1.82) is 0 Å². The summed E-state index contributed by atoms with van der Waals surface area (Å²) in [6, 6.07) is 3.09. The van der Waals surface area contributed by atoms with Gasteiger partial charge >= 0.3 is 0 Å². The van der Waals surface area contributed by atoms with Crippen molar-refractivity contribution >= 4 is 21.1 Å². The second-order valence-electron chi connectivity index (χ2n) is 6.57. The molecule has 3 aromatic heterocycles. The van der Waals surface area contributed by atoms with Gasteiger partial charge in [-0.2, -0.15) is 5.10 Å². The monoisotopic (exact) mass is 360 g/mol. The summed E-state index contributed by atoms with van der Waals surface area (Å²) in [6.45, 7) is 4.82. The summed E-state index contributed by atoms with van der Waals surface area (Å²) < 4.78 is 30.4. The first-order valence-corrected chi connectivity index (χ1v) is 9.83. The third-order valence-corrected chi connectivity index (χ3v) is 5.92. The molecule has 1 unspecified atom stereocenters. The summed E-state index contributed by atoms with van der Waals surface area (Å²) in [6.07, 6.45) is 4.67. The van der Waals surface area contributed by atoms with Gasteiger partial charge < -0.3 is 4.98 Å². The van der Waals surface area contributed by atoms with Crippen molar-refractivity contribution < 1.29 is 8.42 Å². The van der Waals surface area contributed by atoms with Gasteiger partial charge in [-0.05, 0) is 25.0 Å². The Morgan fingerprint density at radius 3 is 3.04 bits per heavy atom. The molecule has 0 spiro atoms. The first kappa shape index (κ1) is 16.2. The fourth-order valence-electron chi connectivity index (χ4n) is 3.13. The lowest BCUT2D eigenvalue weighted by Gasteiger charge is -2.22. The highest BCUT2D eigenvalue weighted by atomic mass is 32.2. The highest BCUT2D eigenvalue weighted by Crippen LogP contribution is 2.28. The molecule has 2 N–H and O–H groups in total. The topological polar surface area (TPSA) is 106 Å². The van der Waals surface area contributed by atoms with E-state index in [0.29, 0.717) is 23.3 Å². The molecule has 4 rings (SSSR count). The van der Waals surface area contributed by atoms with Gasteiger partial charge in [-0.15, -0.1) is 0 Å². The maximum atomic E-state index is 12.9. The van der Waals surface area contributed by atoms with Crippen LogP contribution in [0.25, 0.3) is 11.0 Å². The molecule has 0 amide bonds. The molecule has 1 aliphatic rings. The van der Waals surface area contributed by atoms with E-state index in [1.54, 1.807) is 18.3 Å². The second-order valence-corrected chi connectivity index (χ2v) is 8.26. The number of nitrogens with one attached hydrogen (secondary N) is 2. The number of hydrogen-bond acceptors (Lipinski definition) is 5. The van der Waals surface area contributed by atoms with Crippen LogP contribution in [-0.4, -0.2) is 33.2 Å². The average molecular weight is 360 g/mol. The SMILES string of the molecule is CC(C)c1nc2n(n1)CCCC2NS(=O)(=O)c1c[nH]c2ncccc12. The van der Waals surface area contributed by atoms with Gasteiger partial charge in [-0.25, -0.2) is 27.8 Å². The van der Waals surface area contributed by atoms with E-state index in [0.717, 1.165) is 18.8 Å². The summed E-state index contributed by atoms with van der Waals surface area (Å²) in [5, 5.41) is 5.08. The zero-order valence-corrected chi connectivity index (χ0v) is 14.9. The van der Waals surface area contributed by atoms with Crippen LogP contribution in [0.1, 0.15) is 50.3 Å². The van der Waals surface area contributed by atoms with Gasteiger partial charge in [0.05, 0.1) is 6.04 Å². The molecule has 8 nitrogen and oxygen atoms in total. The highest BCUT2D eigenvalue weighted by molar-refractivity contribution is 7.89. The number of sulfonamides is 1. The highest BCUT2D eigenvalue weighted by Gasteiger charge is 2.30. The lowest BCUT2D eigenvalue weighted by molar-refractivity contribution is 0.399. The van der Waals surface area contributed by atoms with Crippen LogP contribution in [0.5, 0.6) is 0 Å². The quantitative estimate of drug-likeness (QED) is 0.741. The molecule has 0 aliphatic carbocycles. The van der Waals surface area contributed by atoms with E-state index in [1.165, 1.54) is 6.20 Å². The molecule has 0 bridgehead atoms. The molecule has 132 valence electrons. The number of aromatic amines is 1. The standard InChI is InChI=1S/C16H20N6O2S/c1-10(2)14-19-16-12(6-4-8-22(16)20-14)21-25(23,24)13-9-18-15-11(13)5-3-7-17-15/h3,5,7,9-10,12,21H,4,6,8H2,1-2H3,(H,17,18). The smallest absolute Gasteiger partial charge is 0.243 e. The molecule has 1 atom stereocenters. The van der Waals surface area contributed by atoms with Crippen LogP contribution in [0.2, 0.25) is 0 Å². The molecule has 0 radical (unpaired) electrons. The van der Waals surface area contributed by atoms with E-state index >= 15 is 0 Å². The maximum Gasteiger partial charge on any atom is 0.243 e. The number of aryl methyl sites for hydroxylation is 1. The van der Waals surface area contributed by atoms with E-state index in [4.69, 9.17) is 0 Å². The van der Waals surface area contributed by atoms with E-state index in [2.05, 4.69) is 24.8 Å². The third-order valence-electron chi connectivity index (χ3n) is 4.41. The fraction of sp³-hybridized carbons (Fsp3) is 0.438. The largest absolute Gasteiger partial charge is 0.345 e. The number of hydrogen-bond donors (Lipinski definition) is 2. The minimum absolute atomic E-state index is 0.204. The fourth-order valence-corrected chi connectivity index (χ4v) is 4.52. The number of nitrogens with zero attached hydrogens (tertiary/aromatic N) is 4. The molecular weight excluding hydrogens is 340 g/mol. The van der Waals surface area contributed by atoms with Crippen molar-refractivity contribution in [3.63, 3.8) is 0 Å². The van der Waals surface area contributed by atoms with E-state index < -0.39 is 10.0 Å². The van der Waals surface area contributed by atoms with Crippen LogP contribution < -0.4 is 4.72 Å². The summed E-state index contributed by atoms with van der Waals surface area (Å²) in [5.74, 6) is 1.64. The van der Waals surface area contributed by atoms with E-state index in [1.807, 2.05) is 18.5 Å². The van der Waals surface area contributed by atoms with Crippen LogP contribution in [0.4, 0.5) is 0 Å². The van der Waals surface area contributed by atoms with Crippen LogP contribution in [0.15, 0.2) is 29.4 Å². The van der Waals surface area contributed by atoms with E-state index in [-0.39, 0.29) is 16.9 Å². The molecule has 9 heteroatoms. The van der Waals surface area contributed by atoms with Gasteiger partial charge in [0.1, 0.15) is 16.4 Å². The van der Waals surface area contributed by atoms with Crippen LogP contribution >= 0.6 is 0 Å². The number of rotatable bonds is 4. The van der Waals surface area contributed by atoms with Crippen LogP contribution in [0, 0.1) is 0 Å². The minimum Gasteiger partial charge on any atom is -0.345 e. The number of aromatic nitrogens is 5. The Kier molecular flexibility index (Phi) is 3.84. The molecule has 0 fully saturated rings. The normalized spacial score (nSPS) is 18.0. The number of H-pyrrole nitrogens is 1. The number of pyridine rings is 1. The zero-order valence-electron chi connectivity index (χ0n) is 14.1. The van der Waals surface area contributed by atoms with Crippen molar-refractivity contribution in [3.05, 3.63) is 36.2 Å². The van der Waals surface area contributed by atoms with Gasteiger partial charge in [0.2, 0.25) is 10.0 Å². The van der Waals surface area contributed by atoms with Gasteiger partial charge in [0.15, 0.2) is 5.82 Å². The summed E-state index contributed by atoms with van der Waals surface area (Å²) >= 11 is 0. The Labute approximate surface area is 145 Å². The Morgan fingerprint density at radius 2 is 2.24 bits per heavy atom. The van der Waals surface area contributed by atoms with Crippen molar-refractivity contribution in [2.24, 2.45) is 0 Å². The first-order valence-electron chi connectivity index (χ1n) is 8.35. The summed E-state index contributed by atoms with van der Waals surface area (Å²) in [7, 11) is -3.70. The summed E-state index contributed by atoms with van der Waals surface area (Å²) in [5.41, 5.74) is 0.553. The van der Waals surface area contributed by atoms with Gasteiger partial charge in [0, 0.05) is 30.2 Å². The Morgan fingerprint density at radius 1 is 1.40 bits per heavy atom. The lowest BCUT2D eigenvalue weighted by Crippen LogP contribution is -2.33. The van der Waals surface area contributed by atoms with Gasteiger partial charge in [-0.1, -0.05) is 13.8 Å². The molecule has 3 aromatic rings. The molecular formula is C16H20N6O2S. The first-order chi connectivity index (χ1) is 12.0. The predicted molar refractivity (Wildman–Crippen MR) is 92.5 cm³/mol. The zero-order chi connectivity index (χ0) is 17.6. The van der Waals surface area contributed by atoms with E-state index in [9.17, 15) is 8.42 Å². The minimum atomic E-state index is -3.70. The predicted octanol–water partition coefficient (Wildman–Crippen LogP) is 2.09. The Bertz CT molecular complexity index is 1020. The molecule has 0 saturated heterocycles. The van der Waals surface area contributed by atoms with Crippen molar-refractivity contribution in [3.8, 4) is 0 Å². The van der Waals surface area contributed by atoms with Crippen molar-refractivity contribution in [2.75, 3.05) is 0 Å². The molecule has 25 heavy (non-hydrogen) atoms. The van der Waals surface area contributed by atoms with Crippen LogP contribution in [0.3, 0.4) is 0 Å². The average Bonchev–Trinajstić information content (AvgIpc) is 3.19. The molecule has 4 heterocycles. The molecule has 1 aliphatic heterocycles. The number of fused-ring (bicyclic) bond motifs is 2. The van der Waals surface area contributed by atoms with Gasteiger partial charge in [-0.3, -0.25) is 0 Å². The van der Waals surface area contributed by atoms with Crippen molar-refractivity contribution in [1.82, 2.24) is 29.5 Å². The molecule has 0 saturated carbocycles. The molecule has 0 aromatic carbocycles. The Hall–Kier alpha value is -2.26. The second kappa shape index (κ2) is 5.92.